The lowest BCUT2D eigenvalue weighted by Crippen LogP contribution is -2.32. The largest absolute Gasteiger partial charge is 0.486 e. The third-order valence-electron chi connectivity index (χ3n) is 2.82. The molecule has 0 radical (unpaired) electrons. The summed E-state index contributed by atoms with van der Waals surface area (Å²) in [6.07, 6.45) is 0. The van der Waals surface area contributed by atoms with Gasteiger partial charge in [-0.1, -0.05) is 0 Å². The van der Waals surface area contributed by atoms with Gasteiger partial charge in [-0.2, -0.15) is 0 Å². The van der Waals surface area contributed by atoms with Crippen LogP contribution in [0.5, 0.6) is 11.5 Å². The Morgan fingerprint density at radius 2 is 2.00 bits per heavy atom. The van der Waals surface area contributed by atoms with Crippen molar-refractivity contribution in [2.45, 2.75) is 4.90 Å². The van der Waals surface area contributed by atoms with E-state index in [9.17, 15) is 13.2 Å². The fraction of sp³-hybridized carbons (Fsp3) is 0.462. The molecule has 1 amide bonds. The van der Waals surface area contributed by atoms with Crippen LogP contribution in [0.2, 0.25) is 0 Å². The van der Waals surface area contributed by atoms with Crippen molar-refractivity contribution >= 4 is 15.7 Å². The molecule has 0 unspecified atom stereocenters. The van der Waals surface area contributed by atoms with Gasteiger partial charge < -0.3 is 19.5 Å². The van der Waals surface area contributed by atoms with Crippen LogP contribution < -0.4 is 14.8 Å². The van der Waals surface area contributed by atoms with Gasteiger partial charge in [0.15, 0.2) is 21.3 Å². The third kappa shape index (κ3) is 4.08. The summed E-state index contributed by atoms with van der Waals surface area (Å²) in [6.45, 7) is 1.40. The van der Waals surface area contributed by atoms with E-state index in [0.717, 1.165) is 0 Å². The molecule has 8 heteroatoms. The lowest BCUT2D eigenvalue weighted by Gasteiger charge is -2.18. The summed E-state index contributed by atoms with van der Waals surface area (Å²) in [5.41, 5.74) is 0. The molecule has 0 bridgehead atoms. The van der Waals surface area contributed by atoms with Crippen molar-refractivity contribution in [2.24, 2.45) is 0 Å². The molecule has 0 spiro atoms. The predicted molar refractivity (Wildman–Crippen MR) is 74.4 cm³/mol. The molecule has 1 heterocycles. The van der Waals surface area contributed by atoms with E-state index in [1.807, 2.05) is 0 Å². The minimum Gasteiger partial charge on any atom is -0.486 e. The van der Waals surface area contributed by atoms with Gasteiger partial charge >= 0.3 is 0 Å². The van der Waals surface area contributed by atoms with Crippen LogP contribution in [0.25, 0.3) is 0 Å². The summed E-state index contributed by atoms with van der Waals surface area (Å²) in [6, 6.07) is 4.32. The summed E-state index contributed by atoms with van der Waals surface area (Å²) >= 11 is 0. The van der Waals surface area contributed by atoms with Crippen LogP contribution in [0.3, 0.4) is 0 Å². The Morgan fingerprint density at radius 1 is 1.29 bits per heavy atom. The van der Waals surface area contributed by atoms with Crippen molar-refractivity contribution in [3.05, 3.63) is 18.2 Å². The number of fused-ring (bicyclic) bond motifs is 1. The molecule has 21 heavy (non-hydrogen) atoms. The molecule has 1 aromatic carbocycles. The Hall–Kier alpha value is -1.80. The molecule has 0 fully saturated rings. The fourth-order valence-electron chi connectivity index (χ4n) is 1.82. The minimum atomic E-state index is -3.72. The number of nitrogens with one attached hydrogen (secondary N) is 1. The number of benzene rings is 1. The maximum Gasteiger partial charge on any atom is 0.235 e. The lowest BCUT2D eigenvalue weighted by molar-refractivity contribution is -0.118. The van der Waals surface area contributed by atoms with Crippen LogP contribution in [0.15, 0.2) is 23.1 Å². The molecule has 116 valence electrons. The Labute approximate surface area is 123 Å². The average Bonchev–Trinajstić information content (AvgIpc) is 2.46. The molecular formula is C13H17NO6S. The summed E-state index contributed by atoms with van der Waals surface area (Å²) in [5, 5.41) is 2.47. The van der Waals surface area contributed by atoms with Crippen LogP contribution in [0.4, 0.5) is 0 Å². The van der Waals surface area contributed by atoms with Gasteiger partial charge in [-0.25, -0.2) is 8.42 Å². The topological polar surface area (TPSA) is 90.9 Å². The Morgan fingerprint density at radius 3 is 2.71 bits per heavy atom. The van der Waals surface area contributed by atoms with E-state index < -0.39 is 21.5 Å². The summed E-state index contributed by atoms with van der Waals surface area (Å²) in [5.74, 6) is -0.301. The highest BCUT2D eigenvalue weighted by Crippen LogP contribution is 2.32. The van der Waals surface area contributed by atoms with Gasteiger partial charge in [-0.3, -0.25) is 4.79 Å². The van der Waals surface area contributed by atoms with Crippen LogP contribution in [-0.4, -0.2) is 53.6 Å². The van der Waals surface area contributed by atoms with E-state index in [1.165, 1.54) is 25.3 Å². The molecule has 0 saturated carbocycles. The first-order chi connectivity index (χ1) is 10.0. The van der Waals surface area contributed by atoms with Crippen molar-refractivity contribution < 1.29 is 27.4 Å². The van der Waals surface area contributed by atoms with E-state index in [2.05, 4.69) is 5.32 Å². The van der Waals surface area contributed by atoms with Gasteiger partial charge in [0.2, 0.25) is 5.91 Å². The summed E-state index contributed by atoms with van der Waals surface area (Å²) in [4.78, 5) is 11.6. The van der Waals surface area contributed by atoms with Gasteiger partial charge in [0, 0.05) is 19.7 Å². The normalized spacial score (nSPS) is 13.8. The molecule has 1 aliphatic rings. The van der Waals surface area contributed by atoms with Crippen molar-refractivity contribution in [2.75, 3.05) is 39.2 Å². The van der Waals surface area contributed by atoms with Crippen LogP contribution in [0.1, 0.15) is 0 Å². The number of rotatable bonds is 6. The molecule has 0 aromatic heterocycles. The van der Waals surface area contributed by atoms with Gasteiger partial charge in [0.1, 0.15) is 19.0 Å². The van der Waals surface area contributed by atoms with Crippen LogP contribution >= 0.6 is 0 Å². The molecule has 0 aliphatic carbocycles. The van der Waals surface area contributed by atoms with Crippen molar-refractivity contribution in [1.29, 1.82) is 0 Å². The van der Waals surface area contributed by atoms with Crippen LogP contribution in [0, 0.1) is 0 Å². The molecule has 0 saturated heterocycles. The molecule has 1 N–H and O–H groups in total. The number of sulfone groups is 1. The molecule has 0 atom stereocenters. The number of hydrogen-bond acceptors (Lipinski definition) is 6. The zero-order valence-electron chi connectivity index (χ0n) is 11.6. The van der Waals surface area contributed by atoms with Crippen LogP contribution in [-0.2, 0) is 19.4 Å². The average molecular weight is 315 g/mol. The van der Waals surface area contributed by atoms with E-state index in [0.29, 0.717) is 31.3 Å². The van der Waals surface area contributed by atoms with Gasteiger partial charge in [-0.05, 0) is 12.1 Å². The van der Waals surface area contributed by atoms with E-state index in [1.54, 1.807) is 0 Å². The van der Waals surface area contributed by atoms with Crippen molar-refractivity contribution in [3.63, 3.8) is 0 Å². The number of amides is 1. The second-order valence-corrected chi connectivity index (χ2v) is 6.40. The smallest absolute Gasteiger partial charge is 0.235 e. The standard InChI is InChI=1S/C13H17NO6S/c1-18-5-4-14-13(15)9-21(16,17)10-2-3-11-12(8-10)20-7-6-19-11/h2-3,8H,4-7,9H2,1H3,(H,14,15). The molecular weight excluding hydrogens is 298 g/mol. The van der Waals surface area contributed by atoms with E-state index >= 15 is 0 Å². The molecule has 7 nitrogen and oxygen atoms in total. The zero-order chi connectivity index (χ0) is 15.3. The quantitative estimate of drug-likeness (QED) is 0.743. The van der Waals surface area contributed by atoms with Gasteiger partial charge in [0.05, 0.1) is 11.5 Å². The van der Waals surface area contributed by atoms with Gasteiger partial charge in [0.25, 0.3) is 0 Å². The number of methoxy groups -OCH3 is 1. The number of carbonyl (C=O) groups is 1. The highest BCUT2D eigenvalue weighted by atomic mass is 32.2. The van der Waals surface area contributed by atoms with Crippen molar-refractivity contribution in [1.82, 2.24) is 5.32 Å². The molecule has 1 aliphatic heterocycles. The van der Waals surface area contributed by atoms with Gasteiger partial charge in [-0.15, -0.1) is 0 Å². The second-order valence-electron chi connectivity index (χ2n) is 4.41. The molecule has 2 rings (SSSR count). The number of hydrogen-bond donors (Lipinski definition) is 1. The van der Waals surface area contributed by atoms with E-state index in [-0.39, 0.29) is 11.4 Å². The Kier molecular flexibility index (Phi) is 5.03. The zero-order valence-corrected chi connectivity index (χ0v) is 12.4. The summed E-state index contributed by atoms with van der Waals surface area (Å²) in [7, 11) is -2.22. The monoisotopic (exact) mass is 315 g/mol. The fourth-order valence-corrected chi connectivity index (χ4v) is 2.99. The third-order valence-corrected chi connectivity index (χ3v) is 4.44. The minimum absolute atomic E-state index is 0.0358. The Bertz CT molecular complexity index is 613. The second kappa shape index (κ2) is 6.77. The molecule has 1 aromatic rings. The highest BCUT2D eigenvalue weighted by Gasteiger charge is 2.22. The maximum atomic E-state index is 12.2. The lowest BCUT2D eigenvalue weighted by atomic mass is 10.3. The highest BCUT2D eigenvalue weighted by molar-refractivity contribution is 7.92. The first-order valence-corrected chi connectivity index (χ1v) is 8.06. The number of ether oxygens (including phenoxy) is 3. The van der Waals surface area contributed by atoms with E-state index in [4.69, 9.17) is 14.2 Å². The first kappa shape index (κ1) is 15.6. The summed E-state index contributed by atoms with van der Waals surface area (Å²) < 4.78 is 39.8. The maximum absolute atomic E-state index is 12.2. The van der Waals surface area contributed by atoms with Crippen molar-refractivity contribution in [3.8, 4) is 11.5 Å². The predicted octanol–water partition coefficient (Wildman–Crippen LogP) is -0.00590. The number of carbonyl (C=O) groups excluding carboxylic acids is 1. The first-order valence-electron chi connectivity index (χ1n) is 6.41. The SMILES string of the molecule is COCCNC(=O)CS(=O)(=O)c1ccc2c(c1)OCCO2. The Balaban J connectivity index is 2.07.